The van der Waals surface area contributed by atoms with E-state index >= 15 is 0 Å². The molecule has 1 aromatic heterocycles. The molecule has 0 fully saturated rings. The first-order valence-corrected chi connectivity index (χ1v) is 10.1. The SMILES string of the molecule is CCC(=O)NCCCSC1=CC(=O)c2onc(C(=O)Nc3ccccc3)c2C1=O. The maximum atomic E-state index is 12.8. The highest BCUT2D eigenvalue weighted by Crippen LogP contribution is 2.31. The predicted octanol–water partition coefficient (Wildman–Crippen LogP) is 2.84. The molecule has 0 atom stereocenters. The Morgan fingerprint density at radius 3 is 2.66 bits per heavy atom. The third-order valence-corrected chi connectivity index (χ3v) is 5.20. The number of para-hydroxylation sites is 1. The minimum atomic E-state index is -0.629. The average molecular weight is 413 g/mol. The Bertz CT molecular complexity index is 981. The van der Waals surface area contributed by atoms with Crippen LogP contribution in [0.5, 0.6) is 0 Å². The Kier molecular flexibility index (Phi) is 6.61. The Hall–Kier alpha value is -3.20. The standard InChI is InChI=1S/C20H19N3O5S/c1-2-15(25)21-9-6-10-29-14-11-13(24)19-16(18(14)26)17(23-28-19)20(27)22-12-7-4-3-5-8-12/h3-5,7-8,11H,2,6,9-10H2,1H3,(H,21,25)(H,22,27). The Morgan fingerprint density at radius 1 is 1.17 bits per heavy atom. The van der Waals surface area contributed by atoms with Gasteiger partial charge in [0.25, 0.3) is 5.91 Å². The topological polar surface area (TPSA) is 118 Å². The third-order valence-electron chi connectivity index (χ3n) is 4.10. The number of hydrogen-bond donors (Lipinski definition) is 2. The normalized spacial score (nSPS) is 12.9. The molecule has 1 aromatic carbocycles. The lowest BCUT2D eigenvalue weighted by molar-refractivity contribution is -0.120. The fourth-order valence-corrected chi connectivity index (χ4v) is 3.56. The number of nitrogens with zero attached hydrogens (tertiary/aromatic N) is 1. The molecule has 0 bridgehead atoms. The summed E-state index contributed by atoms with van der Waals surface area (Å²) in [5.74, 6) is -1.35. The van der Waals surface area contributed by atoms with E-state index in [4.69, 9.17) is 4.52 Å². The zero-order valence-electron chi connectivity index (χ0n) is 15.7. The van der Waals surface area contributed by atoms with Crippen LogP contribution >= 0.6 is 11.8 Å². The molecule has 0 saturated carbocycles. The number of ketones is 2. The largest absolute Gasteiger partial charge is 0.356 e. The summed E-state index contributed by atoms with van der Waals surface area (Å²) < 4.78 is 4.98. The number of fused-ring (bicyclic) bond motifs is 1. The molecule has 29 heavy (non-hydrogen) atoms. The first-order chi connectivity index (χ1) is 14.0. The number of aromatic nitrogens is 1. The smallest absolute Gasteiger partial charge is 0.278 e. The number of Topliss-reactive ketones (excluding diaryl/α,β-unsaturated/α-hetero) is 1. The van der Waals surface area contributed by atoms with E-state index in [1.807, 2.05) is 0 Å². The second-order valence-corrected chi connectivity index (χ2v) is 7.30. The van der Waals surface area contributed by atoms with Gasteiger partial charge in [-0.05, 0) is 24.3 Å². The van der Waals surface area contributed by atoms with Crippen LogP contribution in [0.25, 0.3) is 0 Å². The van der Waals surface area contributed by atoms with Crippen LogP contribution in [0.15, 0.2) is 45.8 Å². The summed E-state index contributed by atoms with van der Waals surface area (Å²) in [5.41, 5.74) is 0.194. The maximum absolute atomic E-state index is 12.8. The van der Waals surface area contributed by atoms with Gasteiger partial charge in [-0.25, -0.2) is 0 Å². The van der Waals surface area contributed by atoms with Gasteiger partial charge in [-0.15, -0.1) is 11.8 Å². The van der Waals surface area contributed by atoms with Gasteiger partial charge < -0.3 is 15.2 Å². The molecule has 0 unspecified atom stereocenters. The Labute approximate surface area is 171 Å². The van der Waals surface area contributed by atoms with Gasteiger partial charge in [-0.2, -0.15) is 0 Å². The molecule has 0 aliphatic heterocycles. The highest BCUT2D eigenvalue weighted by molar-refractivity contribution is 8.04. The molecule has 2 N–H and O–H groups in total. The van der Waals surface area contributed by atoms with E-state index in [1.165, 1.54) is 17.8 Å². The van der Waals surface area contributed by atoms with Crippen molar-refractivity contribution in [2.24, 2.45) is 0 Å². The molecule has 1 aliphatic carbocycles. The average Bonchev–Trinajstić information content (AvgIpc) is 3.18. The number of amides is 2. The summed E-state index contributed by atoms with van der Waals surface area (Å²) in [6.45, 7) is 2.25. The van der Waals surface area contributed by atoms with Crippen LogP contribution in [0.3, 0.4) is 0 Å². The van der Waals surface area contributed by atoms with E-state index in [1.54, 1.807) is 37.3 Å². The molecule has 150 valence electrons. The van der Waals surface area contributed by atoms with Crippen molar-refractivity contribution in [2.75, 3.05) is 17.6 Å². The third kappa shape index (κ3) is 4.80. The van der Waals surface area contributed by atoms with Crippen molar-refractivity contribution >= 4 is 40.8 Å². The van der Waals surface area contributed by atoms with E-state index in [0.29, 0.717) is 30.8 Å². The quantitative estimate of drug-likeness (QED) is 0.639. The minimum Gasteiger partial charge on any atom is -0.356 e. The van der Waals surface area contributed by atoms with Crippen molar-refractivity contribution < 1.29 is 23.7 Å². The van der Waals surface area contributed by atoms with Crippen LogP contribution in [0.2, 0.25) is 0 Å². The lowest BCUT2D eigenvalue weighted by Gasteiger charge is -2.11. The van der Waals surface area contributed by atoms with Gasteiger partial charge in [0.05, 0.1) is 4.91 Å². The van der Waals surface area contributed by atoms with Crippen LogP contribution in [0.4, 0.5) is 5.69 Å². The van der Waals surface area contributed by atoms with Crippen molar-refractivity contribution in [2.45, 2.75) is 19.8 Å². The van der Waals surface area contributed by atoms with Crippen molar-refractivity contribution in [1.29, 1.82) is 0 Å². The molecule has 2 amide bonds. The lowest BCUT2D eigenvalue weighted by atomic mass is 9.99. The van der Waals surface area contributed by atoms with Gasteiger partial charge in [0.1, 0.15) is 5.56 Å². The molecule has 1 aliphatic rings. The first kappa shape index (κ1) is 20.5. The van der Waals surface area contributed by atoms with Gasteiger partial charge in [0.2, 0.25) is 23.2 Å². The lowest BCUT2D eigenvalue weighted by Crippen LogP contribution is -2.23. The minimum absolute atomic E-state index is 0.0404. The number of carbonyl (C=O) groups excluding carboxylic acids is 4. The molecule has 9 heteroatoms. The summed E-state index contributed by atoms with van der Waals surface area (Å²) in [4.78, 5) is 49.1. The number of thioether (sulfide) groups is 1. The molecule has 1 heterocycles. The number of rotatable bonds is 8. The predicted molar refractivity (Wildman–Crippen MR) is 108 cm³/mol. The van der Waals surface area contributed by atoms with Gasteiger partial charge in [0, 0.05) is 24.7 Å². The van der Waals surface area contributed by atoms with E-state index in [2.05, 4.69) is 15.8 Å². The zero-order valence-corrected chi connectivity index (χ0v) is 16.5. The molecule has 2 aromatic rings. The maximum Gasteiger partial charge on any atom is 0.278 e. The Balaban J connectivity index is 1.68. The fourth-order valence-electron chi connectivity index (χ4n) is 2.62. The highest BCUT2D eigenvalue weighted by Gasteiger charge is 2.36. The van der Waals surface area contributed by atoms with E-state index in [9.17, 15) is 19.2 Å². The van der Waals surface area contributed by atoms with Crippen molar-refractivity contribution in [1.82, 2.24) is 10.5 Å². The zero-order chi connectivity index (χ0) is 20.8. The van der Waals surface area contributed by atoms with E-state index in [-0.39, 0.29) is 27.8 Å². The number of benzene rings is 1. The van der Waals surface area contributed by atoms with Crippen LogP contribution in [-0.2, 0) is 4.79 Å². The molecular weight excluding hydrogens is 394 g/mol. The van der Waals surface area contributed by atoms with Gasteiger partial charge >= 0.3 is 0 Å². The fraction of sp³-hybridized carbons (Fsp3) is 0.250. The number of nitrogens with one attached hydrogen (secondary N) is 2. The van der Waals surface area contributed by atoms with E-state index < -0.39 is 17.5 Å². The Morgan fingerprint density at radius 2 is 1.93 bits per heavy atom. The first-order valence-electron chi connectivity index (χ1n) is 9.07. The summed E-state index contributed by atoms with van der Waals surface area (Å²) >= 11 is 1.20. The summed E-state index contributed by atoms with van der Waals surface area (Å²) in [6, 6.07) is 8.69. The van der Waals surface area contributed by atoms with Crippen molar-refractivity contribution in [3.8, 4) is 0 Å². The van der Waals surface area contributed by atoms with Crippen LogP contribution in [0.1, 0.15) is 51.2 Å². The highest BCUT2D eigenvalue weighted by atomic mass is 32.2. The molecule has 0 spiro atoms. The summed E-state index contributed by atoms with van der Waals surface area (Å²) in [7, 11) is 0. The van der Waals surface area contributed by atoms with Crippen LogP contribution in [-0.4, -0.2) is 40.8 Å². The molecule has 3 rings (SSSR count). The number of hydrogen-bond acceptors (Lipinski definition) is 7. The van der Waals surface area contributed by atoms with Crippen molar-refractivity contribution in [3.05, 3.63) is 58.3 Å². The van der Waals surface area contributed by atoms with Gasteiger partial charge in [-0.3, -0.25) is 19.2 Å². The second-order valence-electron chi connectivity index (χ2n) is 6.16. The van der Waals surface area contributed by atoms with Gasteiger partial charge in [0.15, 0.2) is 5.69 Å². The summed E-state index contributed by atoms with van der Waals surface area (Å²) in [5, 5.41) is 9.03. The molecule has 0 radical (unpaired) electrons. The van der Waals surface area contributed by atoms with Crippen molar-refractivity contribution in [3.63, 3.8) is 0 Å². The molecular formula is C20H19N3O5S. The summed E-state index contributed by atoms with van der Waals surface area (Å²) in [6.07, 6.45) is 2.24. The number of anilines is 1. The van der Waals surface area contributed by atoms with Gasteiger partial charge in [-0.1, -0.05) is 30.3 Å². The number of carbonyl (C=O) groups is 4. The van der Waals surface area contributed by atoms with Crippen LogP contribution < -0.4 is 10.6 Å². The van der Waals surface area contributed by atoms with Crippen LogP contribution in [0, 0.1) is 0 Å². The monoisotopic (exact) mass is 413 g/mol. The van der Waals surface area contributed by atoms with E-state index in [0.717, 1.165) is 0 Å². The molecule has 0 saturated heterocycles. The second kappa shape index (κ2) is 9.33. The number of allylic oxidation sites excluding steroid dienone is 2. The molecule has 8 nitrogen and oxygen atoms in total.